The topological polar surface area (TPSA) is 92.8 Å². The highest BCUT2D eigenvalue weighted by atomic mass is 16.5. The van der Waals surface area contributed by atoms with E-state index in [4.69, 9.17) is 4.74 Å². The van der Waals surface area contributed by atoms with E-state index in [0.29, 0.717) is 17.3 Å². The van der Waals surface area contributed by atoms with Crippen LogP contribution in [0.3, 0.4) is 0 Å². The standard InChI is InChI=1S/C28H26N2O5/c1-17-9-14-22-23(15-17)27(33)30(26(22)32)20-12-10-19(11-13-20)28(34)35-16-25(31)29-24-8-4-6-18-5-2-3-7-21(18)24/h2-8,10-13,17,22-23H,9,14-16H2,1H3,(H,29,31)/t17-,22-,23+/m1/s1. The van der Waals surface area contributed by atoms with Gasteiger partial charge in [0.25, 0.3) is 5.91 Å². The van der Waals surface area contributed by atoms with E-state index in [2.05, 4.69) is 12.2 Å². The number of hydrogen-bond acceptors (Lipinski definition) is 5. The van der Waals surface area contributed by atoms with Crippen molar-refractivity contribution in [3.05, 3.63) is 72.3 Å². The first-order chi connectivity index (χ1) is 16.9. The number of ether oxygens (including phenoxy) is 1. The Morgan fingerprint density at radius 3 is 2.43 bits per heavy atom. The molecule has 0 unspecified atom stereocenters. The molecule has 0 bridgehead atoms. The van der Waals surface area contributed by atoms with Crippen LogP contribution in [0.4, 0.5) is 11.4 Å². The molecule has 2 fully saturated rings. The zero-order chi connectivity index (χ0) is 24.5. The number of rotatable bonds is 5. The first kappa shape index (κ1) is 22.8. The first-order valence-electron chi connectivity index (χ1n) is 11.8. The predicted molar refractivity (Wildman–Crippen MR) is 132 cm³/mol. The van der Waals surface area contributed by atoms with Crippen molar-refractivity contribution < 1.29 is 23.9 Å². The van der Waals surface area contributed by atoms with Crippen LogP contribution in [0.25, 0.3) is 10.8 Å². The molecule has 3 aromatic rings. The van der Waals surface area contributed by atoms with E-state index in [9.17, 15) is 19.2 Å². The van der Waals surface area contributed by atoms with Crippen LogP contribution in [0.2, 0.25) is 0 Å². The third-order valence-corrected chi connectivity index (χ3v) is 6.95. The van der Waals surface area contributed by atoms with Gasteiger partial charge in [-0.15, -0.1) is 0 Å². The number of fused-ring (bicyclic) bond motifs is 2. The summed E-state index contributed by atoms with van der Waals surface area (Å²) in [6.45, 7) is 1.67. The van der Waals surface area contributed by atoms with Crippen LogP contribution in [0.5, 0.6) is 0 Å². The van der Waals surface area contributed by atoms with Gasteiger partial charge in [0.15, 0.2) is 6.61 Å². The maximum Gasteiger partial charge on any atom is 0.338 e. The quantitative estimate of drug-likeness (QED) is 0.436. The summed E-state index contributed by atoms with van der Waals surface area (Å²) in [6.07, 6.45) is 2.42. The number of esters is 1. The van der Waals surface area contributed by atoms with Crippen LogP contribution in [-0.2, 0) is 19.1 Å². The van der Waals surface area contributed by atoms with Gasteiger partial charge in [0.1, 0.15) is 0 Å². The average Bonchev–Trinajstić information content (AvgIpc) is 3.12. The number of nitrogens with zero attached hydrogens (tertiary/aromatic N) is 1. The van der Waals surface area contributed by atoms with Gasteiger partial charge in [0, 0.05) is 11.1 Å². The van der Waals surface area contributed by atoms with Crippen molar-refractivity contribution in [3.8, 4) is 0 Å². The normalized spacial score (nSPS) is 21.6. The summed E-state index contributed by atoms with van der Waals surface area (Å²) in [5, 5.41) is 4.66. The molecule has 7 nitrogen and oxygen atoms in total. The number of benzene rings is 3. The second-order valence-electron chi connectivity index (χ2n) is 9.34. The van der Waals surface area contributed by atoms with Crippen LogP contribution in [-0.4, -0.2) is 30.3 Å². The number of carbonyl (C=O) groups is 4. The van der Waals surface area contributed by atoms with Gasteiger partial charge >= 0.3 is 5.97 Å². The third kappa shape index (κ3) is 4.41. The summed E-state index contributed by atoms with van der Waals surface area (Å²) in [5.74, 6) is -1.50. The Labute approximate surface area is 203 Å². The van der Waals surface area contributed by atoms with Gasteiger partial charge in [-0.2, -0.15) is 0 Å². The molecular weight excluding hydrogens is 444 g/mol. The fourth-order valence-electron chi connectivity index (χ4n) is 5.13. The van der Waals surface area contributed by atoms with E-state index in [0.717, 1.165) is 30.0 Å². The lowest BCUT2D eigenvalue weighted by atomic mass is 9.76. The van der Waals surface area contributed by atoms with E-state index >= 15 is 0 Å². The van der Waals surface area contributed by atoms with Crippen molar-refractivity contribution in [3.63, 3.8) is 0 Å². The molecule has 0 spiro atoms. The van der Waals surface area contributed by atoms with E-state index in [1.807, 2.05) is 36.4 Å². The number of carbonyl (C=O) groups excluding carboxylic acids is 4. The molecule has 1 aliphatic heterocycles. The molecule has 3 aromatic carbocycles. The highest BCUT2D eigenvalue weighted by Crippen LogP contribution is 2.42. The molecule has 1 N–H and O–H groups in total. The summed E-state index contributed by atoms with van der Waals surface area (Å²) in [6, 6.07) is 19.4. The van der Waals surface area contributed by atoms with Gasteiger partial charge in [0.2, 0.25) is 11.8 Å². The molecule has 3 amide bonds. The van der Waals surface area contributed by atoms with Gasteiger partial charge in [-0.25, -0.2) is 4.79 Å². The predicted octanol–water partition coefficient (Wildman–Crippen LogP) is 4.56. The van der Waals surface area contributed by atoms with Crippen molar-refractivity contribution in [2.75, 3.05) is 16.8 Å². The van der Waals surface area contributed by atoms with Crippen molar-refractivity contribution in [2.45, 2.75) is 26.2 Å². The second kappa shape index (κ2) is 9.33. The molecule has 0 aromatic heterocycles. The third-order valence-electron chi connectivity index (χ3n) is 6.95. The molecule has 2 aliphatic rings. The number of hydrogen-bond donors (Lipinski definition) is 1. The fraction of sp³-hybridized carbons (Fsp3) is 0.286. The van der Waals surface area contributed by atoms with Gasteiger partial charge in [-0.05, 0) is 60.9 Å². The lowest BCUT2D eigenvalue weighted by molar-refractivity contribution is -0.122. The Kier molecular flexibility index (Phi) is 6.07. The average molecular weight is 471 g/mol. The van der Waals surface area contributed by atoms with Crippen LogP contribution < -0.4 is 10.2 Å². The lowest BCUT2D eigenvalue weighted by Gasteiger charge is -2.25. The molecule has 0 radical (unpaired) electrons. The van der Waals surface area contributed by atoms with E-state index in [1.54, 1.807) is 18.2 Å². The Morgan fingerprint density at radius 1 is 0.914 bits per heavy atom. The second-order valence-corrected chi connectivity index (χ2v) is 9.34. The molecular formula is C28H26N2O5. The monoisotopic (exact) mass is 470 g/mol. The zero-order valence-corrected chi connectivity index (χ0v) is 19.4. The largest absolute Gasteiger partial charge is 0.452 e. The van der Waals surface area contributed by atoms with Crippen LogP contribution in [0.15, 0.2) is 66.7 Å². The molecule has 35 heavy (non-hydrogen) atoms. The SMILES string of the molecule is C[C@@H]1CC[C@H]2C(=O)N(c3ccc(C(=O)OCC(=O)Nc4cccc5ccccc45)cc3)C(=O)[C@H]2C1. The summed E-state index contributed by atoms with van der Waals surface area (Å²) in [7, 11) is 0. The van der Waals surface area contributed by atoms with Crippen LogP contribution in [0, 0.1) is 17.8 Å². The van der Waals surface area contributed by atoms with E-state index in [1.165, 1.54) is 17.0 Å². The minimum absolute atomic E-state index is 0.160. The lowest BCUT2D eigenvalue weighted by Crippen LogP contribution is -2.30. The molecule has 5 rings (SSSR count). The Bertz CT molecular complexity index is 1310. The maximum absolute atomic E-state index is 12.9. The van der Waals surface area contributed by atoms with Crippen molar-refractivity contribution in [2.24, 2.45) is 17.8 Å². The number of imide groups is 1. The summed E-state index contributed by atoms with van der Waals surface area (Å²) in [5.41, 5.74) is 1.33. The first-order valence-corrected chi connectivity index (χ1v) is 11.8. The highest BCUT2D eigenvalue weighted by Gasteiger charge is 2.49. The number of amides is 3. The van der Waals surface area contributed by atoms with Crippen molar-refractivity contribution in [1.82, 2.24) is 0 Å². The Hall–Kier alpha value is -4.00. The van der Waals surface area contributed by atoms with Crippen LogP contribution in [0.1, 0.15) is 36.5 Å². The highest BCUT2D eigenvalue weighted by molar-refractivity contribution is 6.22. The minimum atomic E-state index is -0.661. The molecule has 178 valence electrons. The van der Waals surface area contributed by atoms with Gasteiger partial charge < -0.3 is 10.1 Å². The maximum atomic E-state index is 12.9. The summed E-state index contributed by atoms with van der Waals surface area (Å²) < 4.78 is 5.17. The molecule has 1 saturated carbocycles. The van der Waals surface area contributed by atoms with Crippen molar-refractivity contribution >= 4 is 45.8 Å². The molecule has 1 aliphatic carbocycles. The molecule has 1 saturated heterocycles. The molecule has 1 heterocycles. The fourth-order valence-corrected chi connectivity index (χ4v) is 5.13. The Balaban J connectivity index is 1.20. The van der Waals surface area contributed by atoms with Gasteiger partial charge in [-0.3, -0.25) is 19.3 Å². The smallest absolute Gasteiger partial charge is 0.338 e. The Morgan fingerprint density at radius 2 is 1.63 bits per heavy atom. The van der Waals surface area contributed by atoms with Crippen molar-refractivity contribution in [1.29, 1.82) is 0 Å². The number of anilines is 2. The van der Waals surface area contributed by atoms with E-state index < -0.39 is 18.5 Å². The molecule has 3 atom stereocenters. The summed E-state index contributed by atoms with van der Waals surface area (Å²) in [4.78, 5) is 51.8. The minimum Gasteiger partial charge on any atom is -0.452 e. The van der Waals surface area contributed by atoms with Gasteiger partial charge in [0.05, 0.1) is 23.1 Å². The zero-order valence-electron chi connectivity index (χ0n) is 19.4. The molecule has 7 heteroatoms. The van der Waals surface area contributed by atoms with Gasteiger partial charge in [-0.1, -0.05) is 43.3 Å². The van der Waals surface area contributed by atoms with Crippen LogP contribution >= 0.6 is 0 Å². The number of nitrogens with one attached hydrogen (secondary N) is 1. The summed E-state index contributed by atoms with van der Waals surface area (Å²) >= 11 is 0. The van der Waals surface area contributed by atoms with E-state index in [-0.39, 0.29) is 29.2 Å².